The molecule has 0 bridgehead atoms. The Kier molecular flexibility index (Phi) is 4.15. The van der Waals surface area contributed by atoms with Crippen LogP contribution in [0.25, 0.3) is 0 Å². The number of carbonyl (C=O) groups is 1. The van der Waals surface area contributed by atoms with Crippen LogP contribution in [0.2, 0.25) is 0 Å². The molecule has 6 heteroatoms. The third-order valence-electron chi connectivity index (χ3n) is 4.39. The van der Waals surface area contributed by atoms with Crippen molar-refractivity contribution in [2.45, 2.75) is 45.1 Å². The molecule has 122 valence electrons. The number of carboxylic acid groups (broad SMARTS) is 1. The van der Waals surface area contributed by atoms with Gasteiger partial charge in [-0.15, -0.1) is 0 Å². The normalized spacial score (nSPS) is 17.1. The minimum absolute atomic E-state index is 0.0186. The molecular weight excluding hydrogens is 302 g/mol. The SMILES string of the molecule is Cc1nn(Cc2ccc(F)c(F)c2)c2c1C(CC(=O)O)CCC2. The van der Waals surface area contributed by atoms with Crippen LogP contribution >= 0.6 is 0 Å². The zero-order chi connectivity index (χ0) is 16.6. The Morgan fingerprint density at radius 3 is 2.87 bits per heavy atom. The highest BCUT2D eigenvalue weighted by atomic mass is 19.2. The Bertz CT molecular complexity index is 755. The van der Waals surface area contributed by atoms with Gasteiger partial charge in [0.05, 0.1) is 18.7 Å². The fraction of sp³-hybridized carbons (Fsp3) is 0.412. The number of aromatic nitrogens is 2. The van der Waals surface area contributed by atoms with Crippen LogP contribution in [0, 0.1) is 18.6 Å². The largest absolute Gasteiger partial charge is 0.481 e. The van der Waals surface area contributed by atoms with Gasteiger partial charge in [-0.3, -0.25) is 9.48 Å². The Labute approximate surface area is 132 Å². The van der Waals surface area contributed by atoms with Gasteiger partial charge in [0.25, 0.3) is 0 Å². The van der Waals surface area contributed by atoms with E-state index in [0.29, 0.717) is 12.1 Å². The number of hydrogen-bond donors (Lipinski definition) is 1. The molecule has 0 spiro atoms. The van der Waals surface area contributed by atoms with Gasteiger partial charge < -0.3 is 5.11 Å². The Morgan fingerprint density at radius 2 is 2.17 bits per heavy atom. The van der Waals surface area contributed by atoms with Gasteiger partial charge in [0.2, 0.25) is 0 Å². The van der Waals surface area contributed by atoms with Gasteiger partial charge in [-0.05, 0) is 55.4 Å². The van der Waals surface area contributed by atoms with Crippen LogP contribution in [0.15, 0.2) is 18.2 Å². The summed E-state index contributed by atoms with van der Waals surface area (Å²) in [6, 6.07) is 3.83. The van der Waals surface area contributed by atoms with E-state index >= 15 is 0 Å². The van der Waals surface area contributed by atoms with Crippen molar-refractivity contribution in [2.24, 2.45) is 0 Å². The van der Waals surface area contributed by atoms with Crippen molar-refractivity contribution in [1.29, 1.82) is 0 Å². The Balaban J connectivity index is 1.92. The monoisotopic (exact) mass is 320 g/mol. The molecule has 3 rings (SSSR count). The van der Waals surface area contributed by atoms with Gasteiger partial charge in [0.1, 0.15) is 0 Å². The lowest BCUT2D eigenvalue weighted by Gasteiger charge is -2.22. The number of nitrogens with zero attached hydrogens (tertiary/aromatic N) is 2. The minimum atomic E-state index is -0.871. The van der Waals surface area contributed by atoms with E-state index in [1.54, 1.807) is 10.7 Å². The summed E-state index contributed by atoms with van der Waals surface area (Å²) in [5.41, 5.74) is 3.49. The summed E-state index contributed by atoms with van der Waals surface area (Å²) in [5.74, 6) is -2.57. The summed E-state index contributed by atoms with van der Waals surface area (Å²) in [7, 11) is 0. The molecule has 1 atom stereocenters. The fourth-order valence-electron chi connectivity index (χ4n) is 3.45. The van der Waals surface area contributed by atoms with Crippen LogP contribution in [0.3, 0.4) is 0 Å². The van der Waals surface area contributed by atoms with E-state index < -0.39 is 17.6 Å². The summed E-state index contributed by atoms with van der Waals surface area (Å²) < 4.78 is 28.2. The van der Waals surface area contributed by atoms with E-state index in [4.69, 9.17) is 5.11 Å². The van der Waals surface area contributed by atoms with E-state index in [-0.39, 0.29) is 12.3 Å². The number of aliphatic carboxylic acids is 1. The van der Waals surface area contributed by atoms with Gasteiger partial charge in [-0.2, -0.15) is 5.10 Å². The quantitative estimate of drug-likeness (QED) is 0.939. The molecule has 1 unspecified atom stereocenters. The molecule has 4 nitrogen and oxygen atoms in total. The van der Waals surface area contributed by atoms with Crippen molar-refractivity contribution < 1.29 is 18.7 Å². The molecule has 0 radical (unpaired) electrons. The highest BCUT2D eigenvalue weighted by Crippen LogP contribution is 2.36. The van der Waals surface area contributed by atoms with Gasteiger partial charge >= 0.3 is 5.97 Å². The minimum Gasteiger partial charge on any atom is -0.481 e. The molecule has 0 aliphatic heterocycles. The molecule has 0 saturated carbocycles. The van der Waals surface area contributed by atoms with Crippen LogP contribution < -0.4 is 0 Å². The third-order valence-corrected chi connectivity index (χ3v) is 4.39. The predicted molar refractivity (Wildman–Crippen MR) is 80.4 cm³/mol. The van der Waals surface area contributed by atoms with Crippen LogP contribution in [0.4, 0.5) is 8.78 Å². The summed E-state index contributed by atoms with van der Waals surface area (Å²) in [5, 5.41) is 13.6. The molecule has 0 fully saturated rings. The van der Waals surface area contributed by atoms with Crippen molar-refractivity contribution >= 4 is 5.97 Å². The summed E-state index contributed by atoms with van der Waals surface area (Å²) >= 11 is 0. The van der Waals surface area contributed by atoms with Crippen molar-refractivity contribution in [3.05, 3.63) is 52.3 Å². The Hall–Kier alpha value is -2.24. The number of aryl methyl sites for hydroxylation is 1. The molecule has 0 saturated heterocycles. The zero-order valence-corrected chi connectivity index (χ0v) is 12.9. The molecular formula is C17H18F2N2O2. The molecule has 23 heavy (non-hydrogen) atoms. The second-order valence-electron chi connectivity index (χ2n) is 6.04. The van der Waals surface area contributed by atoms with Crippen LogP contribution in [-0.2, 0) is 17.8 Å². The standard InChI is InChI=1S/C17H18F2N2O2/c1-10-17-12(8-16(22)23)3-2-4-15(17)21(20-10)9-11-5-6-13(18)14(19)7-11/h5-7,12H,2-4,8-9H2,1H3,(H,22,23). The lowest BCUT2D eigenvalue weighted by molar-refractivity contribution is -0.137. The van der Waals surface area contributed by atoms with Crippen molar-refractivity contribution in [2.75, 3.05) is 0 Å². The molecule has 1 aliphatic carbocycles. The van der Waals surface area contributed by atoms with Gasteiger partial charge in [0, 0.05) is 5.69 Å². The van der Waals surface area contributed by atoms with E-state index in [9.17, 15) is 13.6 Å². The lowest BCUT2D eigenvalue weighted by Crippen LogP contribution is -2.16. The molecule has 1 heterocycles. The molecule has 0 amide bonds. The first-order chi connectivity index (χ1) is 11.0. The van der Waals surface area contributed by atoms with E-state index in [1.165, 1.54) is 6.07 Å². The first-order valence-corrected chi connectivity index (χ1v) is 7.67. The number of fused-ring (bicyclic) bond motifs is 1. The number of carboxylic acids is 1. The van der Waals surface area contributed by atoms with Crippen molar-refractivity contribution in [3.8, 4) is 0 Å². The number of hydrogen-bond acceptors (Lipinski definition) is 2. The Morgan fingerprint density at radius 1 is 1.39 bits per heavy atom. The number of halogens is 2. The summed E-state index contributed by atoms with van der Waals surface area (Å²) in [6.07, 6.45) is 2.69. The predicted octanol–water partition coefficient (Wildman–Crippen LogP) is 3.41. The second-order valence-corrected chi connectivity index (χ2v) is 6.04. The highest BCUT2D eigenvalue weighted by Gasteiger charge is 2.28. The van der Waals surface area contributed by atoms with Gasteiger partial charge in [0.15, 0.2) is 11.6 Å². The maximum Gasteiger partial charge on any atom is 0.303 e. The lowest BCUT2D eigenvalue weighted by atomic mass is 9.83. The second kappa shape index (κ2) is 6.10. The average molecular weight is 320 g/mol. The molecule has 1 aliphatic rings. The molecule has 1 aromatic carbocycles. The smallest absolute Gasteiger partial charge is 0.303 e. The van der Waals surface area contributed by atoms with Crippen LogP contribution in [-0.4, -0.2) is 20.9 Å². The fourth-order valence-corrected chi connectivity index (χ4v) is 3.45. The topological polar surface area (TPSA) is 55.1 Å². The maximum atomic E-state index is 13.4. The highest BCUT2D eigenvalue weighted by molar-refractivity contribution is 5.68. The van der Waals surface area contributed by atoms with E-state index in [0.717, 1.165) is 42.3 Å². The van der Waals surface area contributed by atoms with Crippen LogP contribution in [0.5, 0.6) is 0 Å². The maximum absolute atomic E-state index is 13.4. The molecule has 1 aromatic heterocycles. The van der Waals surface area contributed by atoms with E-state index in [2.05, 4.69) is 5.10 Å². The third kappa shape index (κ3) is 3.11. The number of rotatable bonds is 4. The van der Waals surface area contributed by atoms with Crippen molar-refractivity contribution in [3.63, 3.8) is 0 Å². The summed E-state index contributed by atoms with van der Waals surface area (Å²) in [6.45, 7) is 2.23. The summed E-state index contributed by atoms with van der Waals surface area (Å²) in [4.78, 5) is 11.1. The van der Waals surface area contributed by atoms with E-state index in [1.807, 2.05) is 6.92 Å². The average Bonchev–Trinajstić information content (AvgIpc) is 2.80. The van der Waals surface area contributed by atoms with Gasteiger partial charge in [-0.1, -0.05) is 6.07 Å². The molecule has 2 aromatic rings. The number of benzene rings is 1. The van der Waals surface area contributed by atoms with Crippen LogP contribution in [0.1, 0.15) is 47.7 Å². The van der Waals surface area contributed by atoms with Crippen molar-refractivity contribution in [1.82, 2.24) is 9.78 Å². The molecule has 1 N–H and O–H groups in total. The van der Waals surface area contributed by atoms with Gasteiger partial charge in [-0.25, -0.2) is 8.78 Å². The first-order valence-electron chi connectivity index (χ1n) is 7.67. The zero-order valence-electron chi connectivity index (χ0n) is 12.9. The first kappa shape index (κ1) is 15.6.